The van der Waals surface area contributed by atoms with Crippen molar-refractivity contribution in [3.63, 3.8) is 0 Å². The summed E-state index contributed by atoms with van der Waals surface area (Å²) in [5.41, 5.74) is 6.06. The molecule has 0 fully saturated rings. The molecule has 0 aliphatic heterocycles. The Balaban J connectivity index is 2.74. The summed E-state index contributed by atoms with van der Waals surface area (Å²) in [4.78, 5) is 0. The Morgan fingerprint density at radius 1 is 1.80 bits per heavy atom. The lowest BCUT2D eigenvalue weighted by Crippen LogP contribution is -2.13. The number of nitrogens with two attached hydrogens (primary N) is 1. The van der Waals surface area contributed by atoms with E-state index < -0.39 is 6.04 Å². The van der Waals surface area contributed by atoms with Crippen molar-refractivity contribution >= 4 is 11.3 Å². The van der Waals surface area contributed by atoms with Crippen LogP contribution in [0.15, 0.2) is 11.4 Å². The average molecular weight is 161 g/mol. The Bertz CT molecular complexity index is 213. The SMILES string of the molecule is NC(CO)c1csc(F)c1. The summed E-state index contributed by atoms with van der Waals surface area (Å²) >= 11 is 0.990. The lowest BCUT2D eigenvalue weighted by Gasteiger charge is -2.02. The van der Waals surface area contributed by atoms with E-state index in [2.05, 4.69) is 0 Å². The number of aliphatic hydroxyl groups is 1. The molecule has 4 heteroatoms. The van der Waals surface area contributed by atoms with Crippen LogP contribution in [0.5, 0.6) is 0 Å². The highest BCUT2D eigenvalue weighted by Crippen LogP contribution is 2.17. The first-order valence-corrected chi connectivity index (χ1v) is 3.72. The van der Waals surface area contributed by atoms with Crippen LogP contribution in [0.1, 0.15) is 11.6 Å². The number of rotatable bonds is 2. The largest absolute Gasteiger partial charge is 0.394 e. The van der Waals surface area contributed by atoms with E-state index in [0.29, 0.717) is 5.56 Å². The third-order valence-electron chi connectivity index (χ3n) is 1.21. The van der Waals surface area contributed by atoms with Crippen molar-refractivity contribution in [3.8, 4) is 0 Å². The van der Waals surface area contributed by atoms with Gasteiger partial charge in [-0.15, -0.1) is 11.3 Å². The van der Waals surface area contributed by atoms with Crippen LogP contribution in [0, 0.1) is 5.13 Å². The predicted octanol–water partition coefficient (Wildman–Crippen LogP) is 0.879. The van der Waals surface area contributed by atoms with E-state index in [1.807, 2.05) is 0 Å². The van der Waals surface area contributed by atoms with Gasteiger partial charge in [-0.3, -0.25) is 0 Å². The standard InChI is InChI=1S/C6H8FNOS/c7-6-1-4(3-10-6)5(8)2-9/h1,3,5,9H,2,8H2. The summed E-state index contributed by atoms with van der Waals surface area (Å²) < 4.78 is 12.3. The van der Waals surface area contributed by atoms with Gasteiger partial charge in [0.05, 0.1) is 12.6 Å². The summed E-state index contributed by atoms with van der Waals surface area (Å²) in [6, 6.07) is 0.895. The van der Waals surface area contributed by atoms with E-state index in [0.717, 1.165) is 11.3 Å². The van der Waals surface area contributed by atoms with E-state index in [9.17, 15) is 4.39 Å². The third-order valence-corrected chi connectivity index (χ3v) is 1.95. The van der Waals surface area contributed by atoms with E-state index >= 15 is 0 Å². The Labute approximate surface area is 62.1 Å². The molecule has 0 radical (unpaired) electrons. The van der Waals surface area contributed by atoms with Gasteiger partial charge in [0.25, 0.3) is 0 Å². The molecule has 1 rings (SSSR count). The molecule has 1 unspecified atom stereocenters. The zero-order chi connectivity index (χ0) is 7.56. The van der Waals surface area contributed by atoms with E-state index in [1.165, 1.54) is 6.07 Å². The van der Waals surface area contributed by atoms with Crippen molar-refractivity contribution in [2.75, 3.05) is 6.61 Å². The monoisotopic (exact) mass is 161 g/mol. The molecule has 3 N–H and O–H groups in total. The van der Waals surface area contributed by atoms with Gasteiger partial charge in [-0.25, -0.2) is 0 Å². The van der Waals surface area contributed by atoms with Gasteiger partial charge in [0.1, 0.15) is 0 Å². The van der Waals surface area contributed by atoms with Crippen molar-refractivity contribution in [1.29, 1.82) is 0 Å². The molecule has 2 nitrogen and oxygen atoms in total. The van der Waals surface area contributed by atoms with Gasteiger partial charge < -0.3 is 10.8 Å². The molecule has 1 heterocycles. The highest BCUT2D eigenvalue weighted by Gasteiger charge is 2.05. The Morgan fingerprint density at radius 3 is 2.90 bits per heavy atom. The van der Waals surface area contributed by atoms with Crippen molar-refractivity contribution in [3.05, 3.63) is 22.1 Å². The number of halogens is 1. The van der Waals surface area contributed by atoms with Gasteiger partial charge >= 0.3 is 0 Å². The molecule has 1 aromatic rings. The highest BCUT2D eigenvalue weighted by molar-refractivity contribution is 7.08. The first-order chi connectivity index (χ1) is 4.74. The fourth-order valence-corrected chi connectivity index (χ4v) is 1.32. The van der Waals surface area contributed by atoms with Crippen LogP contribution in [-0.2, 0) is 0 Å². The average Bonchev–Trinajstić information content (AvgIpc) is 2.34. The predicted molar refractivity (Wildman–Crippen MR) is 38.3 cm³/mol. The van der Waals surface area contributed by atoms with Gasteiger partial charge in [-0.05, 0) is 17.0 Å². The maximum Gasteiger partial charge on any atom is 0.176 e. The lowest BCUT2D eigenvalue weighted by atomic mass is 10.2. The molecule has 1 atom stereocenters. The fourth-order valence-electron chi connectivity index (χ4n) is 0.623. The van der Waals surface area contributed by atoms with Crippen molar-refractivity contribution < 1.29 is 9.50 Å². The minimum absolute atomic E-state index is 0.143. The van der Waals surface area contributed by atoms with Gasteiger partial charge in [-0.2, -0.15) is 4.39 Å². The molecule has 0 spiro atoms. The Morgan fingerprint density at radius 2 is 2.50 bits per heavy atom. The second-order valence-electron chi connectivity index (χ2n) is 1.97. The third kappa shape index (κ3) is 1.53. The van der Waals surface area contributed by atoms with Crippen LogP contribution >= 0.6 is 11.3 Å². The Hall–Kier alpha value is -0.450. The van der Waals surface area contributed by atoms with Crippen LogP contribution in [0.2, 0.25) is 0 Å². The molecule has 0 aromatic carbocycles. The molecule has 1 aromatic heterocycles. The molecule has 0 bridgehead atoms. The molecule has 10 heavy (non-hydrogen) atoms. The number of aliphatic hydroxyl groups excluding tert-OH is 1. The van der Waals surface area contributed by atoms with Crippen LogP contribution < -0.4 is 5.73 Å². The van der Waals surface area contributed by atoms with Gasteiger partial charge in [0.2, 0.25) is 0 Å². The smallest absolute Gasteiger partial charge is 0.176 e. The van der Waals surface area contributed by atoms with Crippen molar-refractivity contribution in [2.45, 2.75) is 6.04 Å². The van der Waals surface area contributed by atoms with E-state index in [4.69, 9.17) is 10.8 Å². The van der Waals surface area contributed by atoms with Crippen LogP contribution in [0.4, 0.5) is 4.39 Å². The molecule has 0 saturated carbocycles. The number of thiophene rings is 1. The summed E-state index contributed by atoms with van der Waals surface area (Å²) in [7, 11) is 0. The Kier molecular flexibility index (Phi) is 2.37. The molecular weight excluding hydrogens is 153 g/mol. The van der Waals surface area contributed by atoms with Gasteiger partial charge in [0.15, 0.2) is 5.13 Å². The minimum atomic E-state index is -0.444. The second-order valence-corrected chi connectivity index (χ2v) is 2.83. The van der Waals surface area contributed by atoms with Crippen molar-refractivity contribution in [2.24, 2.45) is 5.73 Å². The maximum atomic E-state index is 12.3. The molecule has 0 amide bonds. The van der Waals surface area contributed by atoms with Gasteiger partial charge in [0, 0.05) is 0 Å². The molecular formula is C6H8FNOS. The highest BCUT2D eigenvalue weighted by atomic mass is 32.1. The summed E-state index contributed by atoms with van der Waals surface area (Å²) in [5, 5.41) is 9.90. The minimum Gasteiger partial charge on any atom is -0.394 e. The van der Waals surface area contributed by atoms with E-state index in [-0.39, 0.29) is 11.7 Å². The summed E-state index contributed by atoms with van der Waals surface area (Å²) in [6.07, 6.45) is 0. The van der Waals surface area contributed by atoms with Crippen LogP contribution in [-0.4, -0.2) is 11.7 Å². The number of hydrogen-bond donors (Lipinski definition) is 2. The fraction of sp³-hybridized carbons (Fsp3) is 0.333. The normalized spacial score (nSPS) is 13.5. The summed E-state index contributed by atoms with van der Waals surface area (Å²) in [6.45, 7) is -0.143. The first-order valence-electron chi connectivity index (χ1n) is 2.84. The molecule has 56 valence electrons. The van der Waals surface area contributed by atoms with Crippen molar-refractivity contribution in [1.82, 2.24) is 0 Å². The number of hydrogen-bond acceptors (Lipinski definition) is 3. The molecule has 0 aliphatic rings. The quantitative estimate of drug-likeness (QED) is 0.676. The topological polar surface area (TPSA) is 46.2 Å². The van der Waals surface area contributed by atoms with E-state index in [1.54, 1.807) is 5.38 Å². The molecule has 0 saturated heterocycles. The molecule has 0 aliphatic carbocycles. The zero-order valence-corrected chi connectivity index (χ0v) is 6.07. The zero-order valence-electron chi connectivity index (χ0n) is 5.25. The second kappa shape index (κ2) is 3.09. The summed E-state index contributed by atoms with van der Waals surface area (Å²) in [5.74, 6) is 0. The van der Waals surface area contributed by atoms with Crippen LogP contribution in [0.25, 0.3) is 0 Å². The lowest BCUT2D eigenvalue weighted by molar-refractivity contribution is 0.268. The maximum absolute atomic E-state index is 12.3. The first kappa shape index (κ1) is 7.65. The van der Waals surface area contributed by atoms with Gasteiger partial charge in [-0.1, -0.05) is 0 Å². The van der Waals surface area contributed by atoms with Crippen LogP contribution in [0.3, 0.4) is 0 Å².